The van der Waals surface area contributed by atoms with Gasteiger partial charge in [0.2, 0.25) is 0 Å². The highest BCUT2D eigenvalue weighted by atomic mass is 19.1. The Hall–Kier alpha value is -2.60. The molecule has 0 aliphatic carbocycles. The molecule has 2 aromatic rings. The van der Waals surface area contributed by atoms with E-state index in [-0.39, 0.29) is 23.8 Å². The molecule has 2 aromatic carbocycles. The van der Waals surface area contributed by atoms with Crippen LogP contribution in [0.1, 0.15) is 11.1 Å². The monoisotopic (exact) mass is 276 g/mol. The second kappa shape index (κ2) is 6.03. The van der Waals surface area contributed by atoms with Crippen LogP contribution in [0.25, 0.3) is 0 Å². The summed E-state index contributed by atoms with van der Waals surface area (Å²) in [4.78, 5) is 0. The van der Waals surface area contributed by atoms with Gasteiger partial charge >= 0.3 is 0 Å². The number of benzene rings is 2. The minimum absolute atomic E-state index is 0.0738. The number of ether oxygens (including phenoxy) is 1. The predicted molar refractivity (Wildman–Crippen MR) is 71.3 cm³/mol. The average molecular weight is 276 g/mol. The lowest BCUT2D eigenvalue weighted by Crippen LogP contribution is -2.16. The summed E-state index contributed by atoms with van der Waals surface area (Å²) in [7, 11) is 0. The van der Waals surface area contributed by atoms with E-state index in [1.165, 1.54) is 18.2 Å². The zero-order chi connectivity index (χ0) is 14.5. The molecule has 0 amide bonds. The maximum absolute atomic E-state index is 13.7. The maximum atomic E-state index is 13.7. The second-order valence-corrected chi connectivity index (χ2v) is 4.00. The molecule has 0 saturated carbocycles. The summed E-state index contributed by atoms with van der Waals surface area (Å²) in [6.07, 6.45) is 0. The van der Waals surface area contributed by atoms with Gasteiger partial charge in [0.15, 0.2) is 5.84 Å². The van der Waals surface area contributed by atoms with Crippen molar-refractivity contribution in [2.45, 2.75) is 6.61 Å². The molecular formula is C14H13FN2O3. The normalized spacial score (nSPS) is 11.4. The molecule has 0 saturated heterocycles. The molecule has 0 radical (unpaired) electrons. The highest BCUT2D eigenvalue weighted by Crippen LogP contribution is 2.27. The van der Waals surface area contributed by atoms with E-state index in [9.17, 15) is 4.39 Å². The van der Waals surface area contributed by atoms with Crippen molar-refractivity contribution in [2.75, 3.05) is 0 Å². The number of hydrogen-bond donors (Lipinski definition) is 3. The third-order valence-electron chi connectivity index (χ3n) is 2.67. The van der Waals surface area contributed by atoms with Gasteiger partial charge in [-0.25, -0.2) is 4.39 Å². The van der Waals surface area contributed by atoms with Crippen molar-refractivity contribution in [3.05, 3.63) is 59.4 Å². The van der Waals surface area contributed by atoms with Crippen molar-refractivity contribution < 1.29 is 19.4 Å². The van der Waals surface area contributed by atoms with Gasteiger partial charge in [0, 0.05) is 0 Å². The molecule has 0 bridgehead atoms. The number of aliphatic hydroxyl groups excluding tert-OH is 1. The summed E-state index contributed by atoms with van der Waals surface area (Å²) in [5, 5.41) is 20.4. The van der Waals surface area contributed by atoms with Crippen LogP contribution in [-0.4, -0.2) is 16.1 Å². The predicted octanol–water partition coefficient (Wildman–Crippen LogP) is 2.20. The fourth-order valence-corrected chi connectivity index (χ4v) is 1.68. The van der Waals surface area contributed by atoms with Gasteiger partial charge in [0.1, 0.15) is 17.3 Å². The number of oxime groups is 1. The van der Waals surface area contributed by atoms with Crippen molar-refractivity contribution >= 4 is 5.84 Å². The van der Waals surface area contributed by atoms with Crippen molar-refractivity contribution in [2.24, 2.45) is 10.9 Å². The Balaban J connectivity index is 2.35. The molecule has 0 fully saturated rings. The van der Waals surface area contributed by atoms with E-state index in [1.807, 2.05) is 0 Å². The molecule has 6 heteroatoms. The number of aliphatic hydroxyl groups is 1. The molecule has 0 aromatic heterocycles. The Morgan fingerprint density at radius 1 is 1.20 bits per heavy atom. The standard InChI is InChI=1S/C14H13FN2O3/c15-11-2-1-3-12(13(11)14(16)17-19)20-10-6-4-9(8-18)5-7-10/h1-7,18-19H,8H2,(H2,16,17). The van der Waals surface area contributed by atoms with E-state index >= 15 is 0 Å². The fourth-order valence-electron chi connectivity index (χ4n) is 1.68. The molecule has 0 unspecified atom stereocenters. The van der Waals surface area contributed by atoms with Crippen LogP contribution in [0.3, 0.4) is 0 Å². The summed E-state index contributed by atoms with van der Waals surface area (Å²) in [6.45, 7) is -0.0738. The zero-order valence-corrected chi connectivity index (χ0v) is 10.5. The number of hydrogen-bond acceptors (Lipinski definition) is 4. The lowest BCUT2D eigenvalue weighted by molar-refractivity contribution is 0.281. The van der Waals surface area contributed by atoms with E-state index in [4.69, 9.17) is 20.8 Å². The molecule has 0 spiro atoms. The van der Waals surface area contributed by atoms with Gasteiger partial charge in [0.05, 0.1) is 12.2 Å². The Kier molecular flexibility index (Phi) is 4.17. The van der Waals surface area contributed by atoms with E-state index in [1.54, 1.807) is 24.3 Å². The van der Waals surface area contributed by atoms with Crippen LogP contribution in [0.4, 0.5) is 4.39 Å². The van der Waals surface area contributed by atoms with Crippen LogP contribution in [0.15, 0.2) is 47.6 Å². The van der Waals surface area contributed by atoms with Gasteiger partial charge in [-0.15, -0.1) is 0 Å². The molecule has 0 heterocycles. The maximum Gasteiger partial charge on any atom is 0.176 e. The molecule has 0 aliphatic heterocycles. The van der Waals surface area contributed by atoms with Gasteiger partial charge in [-0.1, -0.05) is 23.4 Å². The topological polar surface area (TPSA) is 88.1 Å². The van der Waals surface area contributed by atoms with Gasteiger partial charge in [-0.05, 0) is 29.8 Å². The highest BCUT2D eigenvalue weighted by Gasteiger charge is 2.14. The quantitative estimate of drug-likeness (QED) is 0.346. The first-order valence-corrected chi connectivity index (χ1v) is 5.79. The summed E-state index contributed by atoms with van der Waals surface area (Å²) in [5.74, 6) is -0.438. The lowest BCUT2D eigenvalue weighted by atomic mass is 10.1. The van der Waals surface area contributed by atoms with Crippen molar-refractivity contribution in [3.8, 4) is 11.5 Å². The molecule has 0 aliphatic rings. The number of rotatable bonds is 4. The first kappa shape index (κ1) is 13.8. The highest BCUT2D eigenvalue weighted by molar-refractivity contribution is 5.99. The SMILES string of the molecule is NC(=NO)c1c(F)cccc1Oc1ccc(CO)cc1. The van der Waals surface area contributed by atoms with Gasteiger partial charge in [-0.2, -0.15) is 0 Å². The van der Waals surface area contributed by atoms with Crippen LogP contribution < -0.4 is 10.5 Å². The van der Waals surface area contributed by atoms with E-state index in [2.05, 4.69) is 5.16 Å². The smallest absolute Gasteiger partial charge is 0.176 e. The minimum atomic E-state index is -0.648. The summed E-state index contributed by atoms with van der Waals surface area (Å²) < 4.78 is 19.2. The van der Waals surface area contributed by atoms with Crippen LogP contribution in [0.2, 0.25) is 0 Å². The summed E-state index contributed by atoms with van der Waals surface area (Å²) in [5.41, 5.74) is 6.06. The Morgan fingerprint density at radius 2 is 1.90 bits per heavy atom. The second-order valence-electron chi connectivity index (χ2n) is 4.00. The molecule has 5 nitrogen and oxygen atoms in total. The van der Waals surface area contributed by atoms with E-state index in [0.29, 0.717) is 5.75 Å². The summed E-state index contributed by atoms with van der Waals surface area (Å²) in [6, 6.07) is 10.8. The molecule has 0 atom stereocenters. The Labute approximate surface area is 114 Å². The third-order valence-corrected chi connectivity index (χ3v) is 2.67. The number of amidine groups is 1. The fraction of sp³-hybridized carbons (Fsp3) is 0.0714. The molecule has 2 rings (SSSR count). The number of nitrogens with two attached hydrogens (primary N) is 1. The third kappa shape index (κ3) is 2.86. The van der Waals surface area contributed by atoms with Gasteiger partial charge in [-0.3, -0.25) is 0 Å². The Morgan fingerprint density at radius 3 is 2.50 bits per heavy atom. The van der Waals surface area contributed by atoms with Crippen LogP contribution in [0.5, 0.6) is 11.5 Å². The number of nitrogens with zero attached hydrogens (tertiary/aromatic N) is 1. The first-order chi connectivity index (χ1) is 9.65. The van der Waals surface area contributed by atoms with E-state index in [0.717, 1.165) is 5.56 Å². The average Bonchev–Trinajstić information content (AvgIpc) is 2.47. The van der Waals surface area contributed by atoms with Crippen LogP contribution >= 0.6 is 0 Å². The van der Waals surface area contributed by atoms with Crippen molar-refractivity contribution in [1.82, 2.24) is 0 Å². The van der Waals surface area contributed by atoms with Crippen LogP contribution in [0, 0.1) is 5.82 Å². The Bertz CT molecular complexity index is 627. The minimum Gasteiger partial charge on any atom is -0.456 e. The summed E-state index contributed by atoms with van der Waals surface area (Å²) >= 11 is 0. The van der Waals surface area contributed by atoms with Crippen LogP contribution in [-0.2, 0) is 6.61 Å². The largest absolute Gasteiger partial charge is 0.456 e. The van der Waals surface area contributed by atoms with E-state index < -0.39 is 5.82 Å². The van der Waals surface area contributed by atoms with Crippen molar-refractivity contribution in [3.63, 3.8) is 0 Å². The molecule has 4 N–H and O–H groups in total. The molecule has 104 valence electrons. The van der Waals surface area contributed by atoms with Gasteiger partial charge < -0.3 is 20.8 Å². The molecular weight excluding hydrogens is 263 g/mol. The zero-order valence-electron chi connectivity index (χ0n) is 10.5. The molecule has 20 heavy (non-hydrogen) atoms. The lowest BCUT2D eigenvalue weighted by Gasteiger charge is -2.11. The van der Waals surface area contributed by atoms with Gasteiger partial charge in [0.25, 0.3) is 0 Å². The van der Waals surface area contributed by atoms with Crippen molar-refractivity contribution in [1.29, 1.82) is 0 Å². The first-order valence-electron chi connectivity index (χ1n) is 5.79. The number of halogens is 1.